The van der Waals surface area contributed by atoms with E-state index in [2.05, 4.69) is 20.4 Å². The predicted octanol–water partition coefficient (Wildman–Crippen LogP) is 5.64. The molecule has 3 fully saturated rings. The summed E-state index contributed by atoms with van der Waals surface area (Å²) >= 11 is 6.44. The first kappa shape index (κ1) is 15.0. The summed E-state index contributed by atoms with van der Waals surface area (Å²) in [5, 5.41) is 0.594. The number of carbonyl (C=O) groups excluding carboxylic acids is 1. The van der Waals surface area contributed by atoms with Crippen LogP contribution in [-0.2, 0) is 4.79 Å². The van der Waals surface area contributed by atoms with Gasteiger partial charge in [0.05, 0.1) is 5.03 Å². The SMILES string of the molecule is C=C1CC[C@H]2[C@@H]3CCC4=C(Cl)C(=O)CC[C@]4(C)[C@H]3CC[C@]12C. The van der Waals surface area contributed by atoms with Gasteiger partial charge in [-0.3, -0.25) is 4.79 Å². The second-order valence-corrected chi connectivity index (χ2v) is 9.03. The van der Waals surface area contributed by atoms with Crippen LogP contribution in [0.4, 0.5) is 0 Å². The highest BCUT2D eigenvalue weighted by Crippen LogP contribution is 2.66. The Balaban J connectivity index is 1.73. The average Bonchev–Trinajstić information content (AvgIpc) is 2.79. The molecule has 120 valence electrons. The van der Waals surface area contributed by atoms with Crippen LogP contribution in [0.25, 0.3) is 0 Å². The molecule has 4 rings (SSSR count). The van der Waals surface area contributed by atoms with Gasteiger partial charge >= 0.3 is 0 Å². The third kappa shape index (κ3) is 1.75. The Hall–Kier alpha value is -0.560. The summed E-state index contributed by atoms with van der Waals surface area (Å²) in [6.45, 7) is 9.26. The molecule has 5 atom stereocenters. The van der Waals surface area contributed by atoms with Gasteiger partial charge in [0.1, 0.15) is 0 Å². The Morgan fingerprint density at radius 2 is 1.73 bits per heavy atom. The van der Waals surface area contributed by atoms with Gasteiger partial charge in [0, 0.05) is 6.42 Å². The molecule has 3 saturated carbocycles. The van der Waals surface area contributed by atoms with E-state index >= 15 is 0 Å². The van der Waals surface area contributed by atoms with Crippen LogP contribution in [-0.4, -0.2) is 5.78 Å². The average molecular weight is 319 g/mol. The van der Waals surface area contributed by atoms with Gasteiger partial charge in [0.15, 0.2) is 5.78 Å². The van der Waals surface area contributed by atoms with Gasteiger partial charge in [-0.2, -0.15) is 0 Å². The normalized spacial score (nSPS) is 48.0. The van der Waals surface area contributed by atoms with Crippen molar-refractivity contribution >= 4 is 17.4 Å². The molecule has 0 aromatic heterocycles. The minimum atomic E-state index is 0.180. The van der Waals surface area contributed by atoms with Crippen molar-refractivity contribution in [3.63, 3.8) is 0 Å². The van der Waals surface area contributed by atoms with Gasteiger partial charge in [-0.25, -0.2) is 0 Å². The smallest absolute Gasteiger partial charge is 0.174 e. The van der Waals surface area contributed by atoms with Crippen molar-refractivity contribution in [3.8, 4) is 0 Å². The Bertz CT molecular complexity index is 589. The summed E-state index contributed by atoms with van der Waals surface area (Å²) in [5.74, 6) is 2.53. The fraction of sp³-hybridized carbons (Fsp3) is 0.750. The topological polar surface area (TPSA) is 17.1 Å². The summed E-state index contributed by atoms with van der Waals surface area (Å²) < 4.78 is 0. The van der Waals surface area contributed by atoms with Crippen LogP contribution in [0, 0.1) is 28.6 Å². The first-order valence-electron chi connectivity index (χ1n) is 8.98. The van der Waals surface area contributed by atoms with Gasteiger partial charge in [-0.1, -0.05) is 37.6 Å². The van der Waals surface area contributed by atoms with Gasteiger partial charge < -0.3 is 0 Å². The van der Waals surface area contributed by atoms with E-state index in [1.165, 1.54) is 43.3 Å². The third-order valence-corrected chi connectivity index (χ3v) is 8.45. The second kappa shape index (κ2) is 4.72. The molecule has 1 nitrogen and oxygen atoms in total. The summed E-state index contributed by atoms with van der Waals surface area (Å²) in [4.78, 5) is 12.0. The maximum Gasteiger partial charge on any atom is 0.174 e. The molecular weight excluding hydrogens is 292 g/mol. The van der Waals surface area contributed by atoms with E-state index in [1.807, 2.05) is 0 Å². The molecule has 2 heteroatoms. The van der Waals surface area contributed by atoms with Crippen molar-refractivity contribution < 1.29 is 4.79 Å². The van der Waals surface area contributed by atoms with Gasteiger partial charge in [-0.15, -0.1) is 0 Å². The molecule has 0 aromatic rings. The Labute approximate surface area is 139 Å². The summed E-state index contributed by atoms with van der Waals surface area (Å²) in [7, 11) is 0. The lowest BCUT2D eigenvalue weighted by Crippen LogP contribution is -2.49. The molecule has 0 spiro atoms. The van der Waals surface area contributed by atoms with Crippen molar-refractivity contribution in [2.24, 2.45) is 28.6 Å². The van der Waals surface area contributed by atoms with Gasteiger partial charge in [0.2, 0.25) is 0 Å². The lowest BCUT2D eigenvalue weighted by atomic mass is 9.47. The van der Waals surface area contributed by atoms with E-state index in [9.17, 15) is 4.79 Å². The predicted molar refractivity (Wildman–Crippen MR) is 90.6 cm³/mol. The van der Waals surface area contributed by atoms with Crippen LogP contribution in [0.2, 0.25) is 0 Å². The number of ketones is 1. The third-order valence-electron chi connectivity index (χ3n) is 8.01. The highest BCUT2D eigenvalue weighted by atomic mass is 35.5. The fourth-order valence-electron chi connectivity index (χ4n) is 6.56. The number of carbonyl (C=O) groups is 1. The lowest BCUT2D eigenvalue weighted by Gasteiger charge is -2.57. The van der Waals surface area contributed by atoms with Crippen molar-refractivity contribution in [2.75, 3.05) is 0 Å². The van der Waals surface area contributed by atoms with E-state index in [4.69, 9.17) is 11.6 Å². The van der Waals surface area contributed by atoms with Crippen molar-refractivity contribution in [1.82, 2.24) is 0 Å². The monoisotopic (exact) mass is 318 g/mol. The number of halogens is 1. The molecule has 0 aliphatic heterocycles. The van der Waals surface area contributed by atoms with Crippen LogP contribution in [0.3, 0.4) is 0 Å². The quantitative estimate of drug-likeness (QED) is 0.528. The number of rotatable bonds is 0. The fourth-order valence-corrected chi connectivity index (χ4v) is 6.96. The molecule has 0 amide bonds. The minimum Gasteiger partial charge on any atom is -0.293 e. The molecule has 4 aliphatic carbocycles. The molecule has 0 unspecified atom stereocenters. The van der Waals surface area contributed by atoms with E-state index in [1.54, 1.807) is 0 Å². The number of Topliss-reactive ketones (excluding diaryl/α,β-unsaturated/α-hetero) is 1. The molecule has 0 aromatic carbocycles. The zero-order chi connectivity index (χ0) is 15.7. The lowest BCUT2D eigenvalue weighted by molar-refractivity contribution is -0.117. The largest absolute Gasteiger partial charge is 0.293 e. The molecule has 0 heterocycles. The van der Waals surface area contributed by atoms with E-state index in [0.717, 1.165) is 30.6 Å². The van der Waals surface area contributed by atoms with Gasteiger partial charge in [-0.05, 0) is 79.1 Å². The van der Waals surface area contributed by atoms with Crippen LogP contribution in [0.1, 0.15) is 65.2 Å². The van der Waals surface area contributed by atoms with E-state index in [0.29, 0.717) is 16.9 Å². The first-order chi connectivity index (χ1) is 10.4. The van der Waals surface area contributed by atoms with Crippen molar-refractivity contribution in [1.29, 1.82) is 0 Å². The zero-order valence-electron chi connectivity index (χ0n) is 13.9. The highest BCUT2D eigenvalue weighted by molar-refractivity contribution is 6.43. The molecule has 0 bridgehead atoms. The van der Waals surface area contributed by atoms with E-state index in [-0.39, 0.29) is 11.2 Å². The maximum absolute atomic E-state index is 12.0. The minimum absolute atomic E-state index is 0.180. The first-order valence-corrected chi connectivity index (χ1v) is 9.36. The Morgan fingerprint density at radius 3 is 2.50 bits per heavy atom. The molecular formula is C20H27ClO. The Morgan fingerprint density at radius 1 is 1.00 bits per heavy atom. The van der Waals surface area contributed by atoms with Crippen molar-refractivity contribution in [3.05, 3.63) is 22.8 Å². The second-order valence-electron chi connectivity index (χ2n) is 8.65. The van der Waals surface area contributed by atoms with Gasteiger partial charge in [0.25, 0.3) is 0 Å². The molecule has 0 N–H and O–H groups in total. The summed E-state index contributed by atoms with van der Waals surface area (Å²) in [6.07, 6.45) is 9.07. The summed E-state index contributed by atoms with van der Waals surface area (Å²) in [6, 6.07) is 0. The van der Waals surface area contributed by atoms with Crippen LogP contribution in [0.5, 0.6) is 0 Å². The Kier molecular flexibility index (Phi) is 3.22. The number of hydrogen-bond acceptors (Lipinski definition) is 1. The molecule has 0 radical (unpaired) electrons. The number of allylic oxidation sites excluding steroid dienone is 2. The van der Waals surface area contributed by atoms with Crippen molar-refractivity contribution in [2.45, 2.75) is 65.2 Å². The zero-order valence-corrected chi connectivity index (χ0v) is 14.6. The molecule has 0 saturated heterocycles. The number of fused-ring (bicyclic) bond motifs is 5. The van der Waals surface area contributed by atoms with Crippen LogP contribution >= 0.6 is 11.6 Å². The number of hydrogen-bond donors (Lipinski definition) is 0. The molecule has 22 heavy (non-hydrogen) atoms. The summed E-state index contributed by atoms with van der Waals surface area (Å²) in [5.41, 5.74) is 3.36. The molecule has 4 aliphatic rings. The van der Waals surface area contributed by atoms with E-state index < -0.39 is 0 Å². The highest BCUT2D eigenvalue weighted by Gasteiger charge is 2.57. The van der Waals surface area contributed by atoms with Crippen LogP contribution < -0.4 is 0 Å². The van der Waals surface area contributed by atoms with Crippen LogP contribution in [0.15, 0.2) is 22.8 Å². The standard InChI is InChI=1S/C20H27ClO/c1-12-4-6-14-13-5-7-16-18(21)17(22)9-11-20(16,3)15(13)8-10-19(12,14)2/h13-15H,1,4-11H2,2-3H3/t13-,14-,15-,19+,20+/m0/s1. The maximum atomic E-state index is 12.0.